The molecule has 0 amide bonds. The molecule has 0 atom stereocenters. The first kappa shape index (κ1) is 17.6. The Balaban J connectivity index is 2.34. The van der Waals surface area contributed by atoms with E-state index in [1.807, 2.05) is 67.9 Å². The molecule has 2 aromatic heterocycles. The summed E-state index contributed by atoms with van der Waals surface area (Å²) >= 11 is 6.82. The molecule has 0 unspecified atom stereocenters. The third-order valence-electron chi connectivity index (χ3n) is 4.96. The van der Waals surface area contributed by atoms with Gasteiger partial charge in [-0.1, -0.05) is 55.8 Å². The van der Waals surface area contributed by atoms with Crippen molar-refractivity contribution in [1.29, 1.82) is 0 Å². The van der Waals surface area contributed by atoms with Crippen molar-refractivity contribution in [2.24, 2.45) is 7.05 Å². The fourth-order valence-electron chi connectivity index (χ4n) is 3.73. The van der Waals surface area contributed by atoms with Crippen LogP contribution in [0.4, 0.5) is 0 Å². The summed E-state index contributed by atoms with van der Waals surface area (Å²) in [5.74, 6) is -0.00335. The first-order valence-corrected chi connectivity index (χ1v) is 9.22. The molecule has 27 heavy (non-hydrogen) atoms. The van der Waals surface area contributed by atoms with E-state index in [-0.39, 0.29) is 22.3 Å². The van der Waals surface area contributed by atoms with E-state index in [4.69, 9.17) is 11.6 Å². The van der Waals surface area contributed by atoms with Crippen LogP contribution < -0.4 is 11.0 Å². The van der Waals surface area contributed by atoms with E-state index in [1.54, 1.807) is 16.7 Å². The highest BCUT2D eigenvalue weighted by Gasteiger charge is 2.23. The third kappa shape index (κ3) is 2.52. The van der Waals surface area contributed by atoms with Crippen LogP contribution in [0.25, 0.3) is 27.5 Å². The summed E-state index contributed by atoms with van der Waals surface area (Å²) in [6.45, 7) is 3.98. The van der Waals surface area contributed by atoms with Gasteiger partial charge in [-0.3, -0.25) is 14.2 Å². The van der Waals surface area contributed by atoms with Crippen molar-refractivity contribution >= 4 is 33.4 Å². The van der Waals surface area contributed by atoms with Crippen molar-refractivity contribution in [3.8, 4) is 5.69 Å². The number of hydrogen-bond donors (Lipinski definition) is 0. The van der Waals surface area contributed by atoms with Gasteiger partial charge in [-0.25, -0.2) is 0 Å². The maximum Gasteiger partial charge on any atom is 0.268 e. The second kappa shape index (κ2) is 6.39. The normalized spacial score (nSPS) is 11.6. The second-order valence-electron chi connectivity index (χ2n) is 6.96. The molecule has 5 heteroatoms. The summed E-state index contributed by atoms with van der Waals surface area (Å²) in [5, 5.41) is 1.07. The summed E-state index contributed by atoms with van der Waals surface area (Å²) in [7, 11) is 1.84. The standard InChI is InChI=1S/C22H19ClN2O2/c1-13(2)19-18(23)20-17(22(27)25(19)14-9-5-4-6-10-14)21(26)15-11-7-8-12-16(15)24(20)3/h4-13H,1-3H3. The number of halogens is 1. The summed E-state index contributed by atoms with van der Waals surface area (Å²) in [5.41, 5.74) is 2.02. The quantitative estimate of drug-likeness (QED) is 0.478. The number of aromatic nitrogens is 2. The van der Waals surface area contributed by atoms with E-state index < -0.39 is 0 Å². The van der Waals surface area contributed by atoms with Gasteiger partial charge in [-0.2, -0.15) is 0 Å². The minimum Gasteiger partial charge on any atom is -0.342 e. The molecule has 0 bridgehead atoms. The van der Waals surface area contributed by atoms with Crippen molar-refractivity contribution in [3.63, 3.8) is 0 Å². The summed E-state index contributed by atoms with van der Waals surface area (Å²) in [6, 6.07) is 16.6. The molecule has 0 radical (unpaired) electrons. The van der Waals surface area contributed by atoms with Gasteiger partial charge in [0.15, 0.2) is 0 Å². The molecule has 0 fully saturated rings. The lowest BCUT2D eigenvalue weighted by atomic mass is 10.0. The number of pyridine rings is 2. The van der Waals surface area contributed by atoms with Crippen LogP contribution in [0.3, 0.4) is 0 Å². The SMILES string of the molecule is CC(C)c1c(Cl)c2c(c(=O)c3ccccc3n2C)c(=O)n1-c1ccccc1. The Morgan fingerprint density at radius 2 is 1.56 bits per heavy atom. The molecule has 0 spiro atoms. The summed E-state index contributed by atoms with van der Waals surface area (Å²) < 4.78 is 3.42. The van der Waals surface area contributed by atoms with Crippen LogP contribution in [0.5, 0.6) is 0 Å². The van der Waals surface area contributed by atoms with Crippen LogP contribution in [-0.2, 0) is 7.05 Å². The van der Waals surface area contributed by atoms with Gasteiger partial charge in [-0.05, 0) is 30.2 Å². The Labute approximate surface area is 161 Å². The Bertz CT molecular complexity index is 1300. The second-order valence-corrected chi connectivity index (χ2v) is 7.34. The predicted octanol–water partition coefficient (Wildman–Crippen LogP) is 4.62. The van der Waals surface area contributed by atoms with Gasteiger partial charge in [0, 0.05) is 23.8 Å². The molecule has 0 aliphatic carbocycles. The Hall–Kier alpha value is -2.85. The zero-order chi connectivity index (χ0) is 19.3. The van der Waals surface area contributed by atoms with E-state index >= 15 is 0 Å². The highest BCUT2D eigenvalue weighted by Crippen LogP contribution is 2.32. The maximum atomic E-state index is 13.5. The summed E-state index contributed by atoms with van der Waals surface area (Å²) in [6.07, 6.45) is 0. The minimum absolute atomic E-state index is 0.00335. The fourth-order valence-corrected chi connectivity index (χ4v) is 4.25. The van der Waals surface area contributed by atoms with Crippen LogP contribution in [-0.4, -0.2) is 9.13 Å². The van der Waals surface area contributed by atoms with Crippen molar-refractivity contribution in [1.82, 2.24) is 9.13 Å². The lowest BCUT2D eigenvalue weighted by molar-refractivity contribution is 0.762. The first-order valence-electron chi connectivity index (χ1n) is 8.84. The third-order valence-corrected chi connectivity index (χ3v) is 5.33. The van der Waals surface area contributed by atoms with E-state index in [2.05, 4.69) is 0 Å². The van der Waals surface area contributed by atoms with Crippen LogP contribution in [0.15, 0.2) is 64.2 Å². The van der Waals surface area contributed by atoms with Crippen LogP contribution in [0.1, 0.15) is 25.5 Å². The summed E-state index contributed by atoms with van der Waals surface area (Å²) in [4.78, 5) is 26.7. The molecule has 0 aliphatic heterocycles. The highest BCUT2D eigenvalue weighted by atomic mass is 35.5. The molecular weight excluding hydrogens is 360 g/mol. The molecule has 0 N–H and O–H groups in total. The van der Waals surface area contributed by atoms with Gasteiger partial charge < -0.3 is 4.57 Å². The molecule has 4 nitrogen and oxygen atoms in total. The van der Waals surface area contributed by atoms with E-state index in [1.165, 1.54) is 0 Å². The van der Waals surface area contributed by atoms with Crippen LogP contribution in [0.2, 0.25) is 5.02 Å². The van der Waals surface area contributed by atoms with E-state index in [9.17, 15) is 9.59 Å². The number of aryl methyl sites for hydroxylation is 1. The number of rotatable bonds is 2. The molecule has 0 saturated carbocycles. The molecule has 0 saturated heterocycles. The lowest BCUT2D eigenvalue weighted by Crippen LogP contribution is -2.29. The number of benzene rings is 2. The average molecular weight is 379 g/mol. The molecule has 4 rings (SSSR count). The molecule has 4 aromatic rings. The predicted molar refractivity (Wildman–Crippen MR) is 111 cm³/mol. The monoisotopic (exact) mass is 378 g/mol. The maximum absolute atomic E-state index is 13.5. The average Bonchev–Trinajstić information content (AvgIpc) is 2.67. The lowest BCUT2D eigenvalue weighted by Gasteiger charge is -2.21. The fraction of sp³-hybridized carbons (Fsp3) is 0.182. The molecular formula is C22H19ClN2O2. The Morgan fingerprint density at radius 3 is 2.22 bits per heavy atom. The highest BCUT2D eigenvalue weighted by molar-refractivity contribution is 6.36. The van der Waals surface area contributed by atoms with Crippen LogP contribution >= 0.6 is 11.6 Å². The molecule has 136 valence electrons. The first-order chi connectivity index (χ1) is 12.9. The zero-order valence-corrected chi connectivity index (χ0v) is 16.1. The van der Waals surface area contributed by atoms with Crippen molar-refractivity contribution < 1.29 is 0 Å². The van der Waals surface area contributed by atoms with Crippen molar-refractivity contribution in [3.05, 3.63) is 85.9 Å². The van der Waals surface area contributed by atoms with Crippen LogP contribution in [0, 0.1) is 0 Å². The van der Waals surface area contributed by atoms with Gasteiger partial charge in [0.2, 0.25) is 5.43 Å². The van der Waals surface area contributed by atoms with Gasteiger partial charge in [0.1, 0.15) is 5.39 Å². The molecule has 2 aromatic carbocycles. The van der Waals surface area contributed by atoms with Gasteiger partial charge in [0.05, 0.1) is 16.1 Å². The topological polar surface area (TPSA) is 44.0 Å². The van der Waals surface area contributed by atoms with Crippen molar-refractivity contribution in [2.75, 3.05) is 0 Å². The minimum atomic E-state index is -0.337. The number of hydrogen-bond acceptors (Lipinski definition) is 2. The Morgan fingerprint density at radius 1 is 0.926 bits per heavy atom. The van der Waals surface area contributed by atoms with Gasteiger partial charge in [-0.15, -0.1) is 0 Å². The number of para-hydroxylation sites is 2. The molecule has 2 heterocycles. The number of nitrogens with zero attached hydrogens (tertiary/aromatic N) is 2. The molecule has 0 aliphatic rings. The number of fused-ring (bicyclic) bond motifs is 2. The largest absolute Gasteiger partial charge is 0.342 e. The van der Waals surface area contributed by atoms with Gasteiger partial charge in [0.25, 0.3) is 5.56 Å². The van der Waals surface area contributed by atoms with E-state index in [0.29, 0.717) is 27.3 Å². The Kier molecular flexibility index (Phi) is 4.16. The zero-order valence-electron chi connectivity index (χ0n) is 15.4. The van der Waals surface area contributed by atoms with Crippen molar-refractivity contribution in [2.45, 2.75) is 19.8 Å². The van der Waals surface area contributed by atoms with E-state index in [0.717, 1.165) is 5.52 Å². The van der Waals surface area contributed by atoms with Gasteiger partial charge >= 0.3 is 0 Å². The smallest absolute Gasteiger partial charge is 0.268 e.